The SMILES string of the molecule is C[C@@H]1CN(Cc2csc(NC(=O)C[C@@H]3Sc4ccc(Cl)cc4NC3=O)n2)C[C@@H](C)O1. The van der Waals surface area contributed by atoms with Gasteiger partial charge in [0.25, 0.3) is 0 Å². The Kier molecular flexibility index (Phi) is 6.64. The highest BCUT2D eigenvalue weighted by atomic mass is 35.5. The van der Waals surface area contributed by atoms with Crippen molar-refractivity contribution in [3.8, 4) is 0 Å². The maximum atomic E-state index is 12.5. The fraction of sp³-hybridized carbons (Fsp3) is 0.450. The molecule has 10 heteroatoms. The van der Waals surface area contributed by atoms with E-state index in [4.69, 9.17) is 16.3 Å². The molecule has 1 fully saturated rings. The maximum absolute atomic E-state index is 12.5. The monoisotopic (exact) mass is 466 g/mol. The molecule has 0 spiro atoms. The van der Waals surface area contributed by atoms with Crippen molar-refractivity contribution in [1.82, 2.24) is 9.88 Å². The van der Waals surface area contributed by atoms with E-state index in [0.29, 0.717) is 15.8 Å². The van der Waals surface area contributed by atoms with E-state index >= 15 is 0 Å². The average molecular weight is 467 g/mol. The van der Waals surface area contributed by atoms with Gasteiger partial charge in [0.15, 0.2) is 5.13 Å². The van der Waals surface area contributed by atoms with Gasteiger partial charge in [-0.2, -0.15) is 0 Å². The minimum Gasteiger partial charge on any atom is -0.373 e. The van der Waals surface area contributed by atoms with Gasteiger partial charge in [-0.25, -0.2) is 4.98 Å². The van der Waals surface area contributed by atoms with Crippen LogP contribution in [-0.2, 0) is 20.9 Å². The Morgan fingerprint density at radius 3 is 2.90 bits per heavy atom. The molecular formula is C20H23ClN4O3S2. The van der Waals surface area contributed by atoms with Gasteiger partial charge in [-0.3, -0.25) is 14.5 Å². The summed E-state index contributed by atoms with van der Waals surface area (Å²) in [6.45, 7) is 6.60. The zero-order chi connectivity index (χ0) is 21.3. The highest BCUT2D eigenvalue weighted by Gasteiger charge is 2.29. The molecule has 1 aromatic carbocycles. The maximum Gasteiger partial charge on any atom is 0.238 e. The van der Waals surface area contributed by atoms with Gasteiger partial charge < -0.3 is 15.4 Å². The molecule has 0 aliphatic carbocycles. The highest BCUT2D eigenvalue weighted by Crippen LogP contribution is 2.38. The quantitative estimate of drug-likeness (QED) is 0.696. The molecule has 0 bridgehead atoms. The third-order valence-electron chi connectivity index (χ3n) is 4.81. The van der Waals surface area contributed by atoms with Gasteiger partial charge in [0.05, 0.1) is 28.8 Å². The number of hydrogen-bond acceptors (Lipinski definition) is 7. The Morgan fingerprint density at radius 2 is 2.13 bits per heavy atom. The summed E-state index contributed by atoms with van der Waals surface area (Å²) in [6.07, 6.45) is 0.477. The molecular weight excluding hydrogens is 444 g/mol. The van der Waals surface area contributed by atoms with Gasteiger partial charge in [0.2, 0.25) is 11.8 Å². The smallest absolute Gasteiger partial charge is 0.238 e. The van der Waals surface area contributed by atoms with Crippen molar-refractivity contribution in [3.05, 3.63) is 34.3 Å². The first-order chi connectivity index (χ1) is 14.4. The van der Waals surface area contributed by atoms with Crippen LogP contribution in [-0.4, -0.2) is 52.2 Å². The summed E-state index contributed by atoms with van der Waals surface area (Å²) >= 11 is 8.75. The molecule has 0 saturated carbocycles. The van der Waals surface area contributed by atoms with E-state index in [1.54, 1.807) is 12.1 Å². The number of amides is 2. The fourth-order valence-electron chi connectivity index (χ4n) is 3.68. The number of anilines is 2. The van der Waals surface area contributed by atoms with Crippen molar-refractivity contribution in [2.75, 3.05) is 23.7 Å². The number of nitrogens with one attached hydrogen (secondary N) is 2. The summed E-state index contributed by atoms with van der Waals surface area (Å²) in [5.74, 6) is -0.421. The third kappa shape index (κ3) is 5.33. The van der Waals surface area contributed by atoms with Crippen molar-refractivity contribution in [3.63, 3.8) is 0 Å². The molecule has 7 nitrogen and oxygen atoms in total. The predicted octanol–water partition coefficient (Wildman–Crippen LogP) is 3.85. The fourth-order valence-corrected chi connectivity index (χ4v) is 5.66. The van der Waals surface area contributed by atoms with Crippen LogP contribution in [0, 0.1) is 0 Å². The number of morpholine rings is 1. The molecule has 2 aromatic rings. The van der Waals surface area contributed by atoms with Crippen LogP contribution in [0.3, 0.4) is 0 Å². The molecule has 2 aliphatic rings. The molecule has 2 amide bonds. The van der Waals surface area contributed by atoms with Gasteiger partial charge in [-0.05, 0) is 32.0 Å². The minimum absolute atomic E-state index is 0.0754. The van der Waals surface area contributed by atoms with Crippen molar-refractivity contribution >= 4 is 57.3 Å². The molecule has 3 heterocycles. The Labute approximate surface area is 188 Å². The van der Waals surface area contributed by atoms with Crippen LogP contribution in [0.1, 0.15) is 26.0 Å². The van der Waals surface area contributed by atoms with Gasteiger partial charge >= 0.3 is 0 Å². The molecule has 2 N–H and O–H groups in total. The van der Waals surface area contributed by atoms with Gasteiger partial charge in [0, 0.05) is 41.4 Å². The van der Waals surface area contributed by atoms with Crippen molar-refractivity contribution in [2.45, 2.75) is 49.2 Å². The Bertz CT molecular complexity index is 944. The average Bonchev–Trinajstić information content (AvgIpc) is 3.08. The molecule has 4 rings (SSSR count). The van der Waals surface area contributed by atoms with E-state index in [0.717, 1.165) is 30.2 Å². The van der Waals surface area contributed by atoms with Crippen LogP contribution in [0.2, 0.25) is 5.02 Å². The van der Waals surface area contributed by atoms with Gasteiger partial charge in [-0.1, -0.05) is 11.6 Å². The second-order valence-corrected chi connectivity index (χ2v) is 10.1. The summed E-state index contributed by atoms with van der Waals surface area (Å²) < 4.78 is 5.76. The third-order valence-corrected chi connectivity index (χ3v) is 7.13. The number of halogens is 1. The first-order valence-electron chi connectivity index (χ1n) is 9.75. The predicted molar refractivity (Wildman–Crippen MR) is 120 cm³/mol. The first-order valence-corrected chi connectivity index (χ1v) is 11.9. The lowest BCUT2D eigenvalue weighted by molar-refractivity contribution is -0.120. The number of carbonyl (C=O) groups excluding carboxylic acids is 2. The van der Waals surface area contributed by atoms with E-state index in [2.05, 4.69) is 34.4 Å². The number of thiazole rings is 1. The number of nitrogens with zero attached hydrogens (tertiary/aromatic N) is 2. The number of hydrogen-bond donors (Lipinski definition) is 2. The molecule has 1 saturated heterocycles. The summed E-state index contributed by atoms with van der Waals surface area (Å²) in [5.41, 5.74) is 1.61. The van der Waals surface area contributed by atoms with Gasteiger partial charge in [-0.15, -0.1) is 23.1 Å². The number of benzene rings is 1. The standard InChI is InChI=1S/C20H23ClN4O3S2/c1-11-7-25(8-12(2)28-11)9-14-10-29-20(22-14)24-18(26)6-17-19(27)23-15-5-13(21)3-4-16(15)30-17/h3-5,10-12,17H,6-9H2,1-2H3,(H,23,27)(H,22,24,26)/t11-,12-,17+/m1/s1. The number of thioether (sulfide) groups is 1. The number of carbonyl (C=O) groups is 2. The summed E-state index contributed by atoms with van der Waals surface area (Å²) in [5, 5.41) is 8.24. The lowest BCUT2D eigenvalue weighted by atomic mass is 10.2. The van der Waals surface area contributed by atoms with Crippen LogP contribution in [0.5, 0.6) is 0 Å². The molecule has 30 heavy (non-hydrogen) atoms. The highest BCUT2D eigenvalue weighted by molar-refractivity contribution is 8.01. The number of ether oxygens (including phenoxy) is 1. The molecule has 1 aromatic heterocycles. The van der Waals surface area contributed by atoms with E-state index in [1.807, 2.05) is 11.4 Å². The number of fused-ring (bicyclic) bond motifs is 1. The topological polar surface area (TPSA) is 83.6 Å². The number of aromatic nitrogens is 1. The molecule has 0 unspecified atom stereocenters. The summed E-state index contributed by atoms with van der Waals surface area (Å²) in [6, 6.07) is 5.34. The van der Waals surface area contributed by atoms with Crippen LogP contribution in [0.15, 0.2) is 28.5 Å². The normalized spacial score (nSPS) is 24.2. The van der Waals surface area contributed by atoms with E-state index < -0.39 is 5.25 Å². The molecule has 2 aliphatic heterocycles. The van der Waals surface area contributed by atoms with Crippen LogP contribution >= 0.6 is 34.7 Å². The van der Waals surface area contributed by atoms with Gasteiger partial charge in [0.1, 0.15) is 0 Å². The van der Waals surface area contributed by atoms with Crippen molar-refractivity contribution in [2.24, 2.45) is 0 Å². The van der Waals surface area contributed by atoms with Crippen molar-refractivity contribution in [1.29, 1.82) is 0 Å². The summed E-state index contributed by atoms with van der Waals surface area (Å²) in [7, 11) is 0. The van der Waals surface area contributed by atoms with Crippen LogP contribution in [0.4, 0.5) is 10.8 Å². The molecule has 3 atom stereocenters. The number of rotatable bonds is 5. The molecule has 160 valence electrons. The lowest BCUT2D eigenvalue weighted by Crippen LogP contribution is -2.44. The van der Waals surface area contributed by atoms with Crippen LogP contribution in [0.25, 0.3) is 0 Å². The Morgan fingerprint density at radius 1 is 1.37 bits per heavy atom. The summed E-state index contributed by atoms with van der Waals surface area (Å²) in [4.78, 5) is 32.6. The van der Waals surface area contributed by atoms with E-state index in [1.165, 1.54) is 23.1 Å². The zero-order valence-electron chi connectivity index (χ0n) is 16.7. The van der Waals surface area contributed by atoms with E-state index in [9.17, 15) is 9.59 Å². The second-order valence-electron chi connectivity index (χ2n) is 7.58. The second kappa shape index (κ2) is 9.23. The van der Waals surface area contributed by atoms with Crippen molar-refractivity contribution < 1.29 is 14.3 Å². The van der Waals surface area contributed by atoms with Crippen LogP contribution < -0.4 is 10.6 Å². The lowest BCUT2D eigenvalue weighted by Gasteiger charge is -2.34. The Balaban J connectivity index is 1.31. The first kappa shape index (κ1) is 21.6. The minimum atomic E-state index is -0.491. The van der Waals surface area contributed by atoms with E-state index in [-0.39, 0.29) is 30.4 Å². The Hall–Kier alpha value is -1.65. The largest absolute Gasteiger partial charge is 0.373 e. The zero-order valence-corrected chi connectivity index (χ0v) is 19.1. The molecule has 0 radical (unpaired) electrons.